The highest BCUT2D eigenvalue weighted by atomic mass is 16.5. The first-order valence-electron chi connectivity index (χ1n) is 6.45. The number of methoxy groups -OCH3 is 1. The van der Waals surface area contributed by atoms with Crippen molar-refractivity contribution in [1.29, 1.82) is 0 Å². The Morgan fingerprint density at radius 1 is 1.39 bits per heavy atom. The lowest BCUT2D eigenvalue weighted by Gasteiger charge is -2.09. The second kappa shape index (κ2) is 4.28. The lowest BCUT2D eigenvalue weighted by atomic mass is 10.1. The minimum atomic E-state index is 0.337. The Hall–Kier alpha value is -1.55. The fourth-order valence-electron chi connectivity index (χ4n) is 2.94. The zero-order chi connectivity index (χ0) is 12.7. The molecule has 0 spiro atoms. The highest BCUT2D eigenvalue weighted by Crippen LogP contribution is 2.34. The average molecular weight is 245 g/mol. The van der Waals surface area contributed by atoms with Crippen molar-refractivity contribution in [3.8, 4) is 5.75 Å². The molecule has 1 heterocycles. The van der Waals surface area contributed by atoms with Gasteiger partial charge in [0.25, 0.3) is 0 Å². The van der Waals surface area contributed by atoms with Gasteiger partial charge in [0.05, 0.1) is 18.1 Å². The molecule has 1 aliphatic rings. The summed E-state index contributed by atoms with van der Waals surface area (Å²) in [7, 11) is 3.77. The number of fused-ring (bicyclic) bond motifs is 1. The van der Waals surface area contributed by atoms with Gasteiger partial charge in [0.15, 0.2) is 0 Å². The summed E-state index contributed by atoms with van der Waals surface area (Å²) in [5, 5.41) is 0. The third-order valence-electron chi connectivity index (χ3n) is 3.96. The third-order valence-corrected chi connectivity index (χ3v) is 3.96. The minimum absolute atomic E-state index is 0.337. The summed E-state index contributed by atoms with van der Waals surface area (Å²) in [5.74, 6) is 2.52. The van der Waals surface area contributed by atoms with E-state index in [0.29, 0.717) is 12.0 Å². The second-order valence-corrected chi connectivity index (χ2v) is 5.15. The lowest BCUT2D eigenvalue weighted by molar-refractivity contribution is 0.415. The Kier molecular flexibility index (Phi) is 2.74. The molecule has 96 valence electrons. The fraction of sp³-hybridized carbons (Fsp3) is 0.500. The number of hydrogen-bond donors (Lipinski definition) is 1. The maximum absolute atomic E-state index is 6.00. The van der Waals surface area contributed by atoms with E-state index in [0.717, 1.165) is 41.9 Å². The number of aryl methyl sites for hydroxylation is 1. The normalized spacial score (nSPS) is 23.7. The van der Waals surface area contributed by atoms with Gasteiger partial charge >= 0.3 is 0 Å². The van der Waals surface area contributed by atoms with Crippen molar-refractivity contribution in [1.82, 2.24) is 9.55 Å². The highest BCUT2D eigenvalue weighted by Gasteiger charge is 2.27. The van der Waals surface area contributed by atoms with Gasteiger partial charge in [0, 0.05) is 25.1 Å². The third kappa shape index (κ3) is 1.77. The van der Waals surface area contributed by atoms with Gasteiger partial charge in [-0.05, 0) is 31.4 Å². The van der Waals surface area contributed by atoms with Crippen LogP contribution in [0.25, 0.3) is 11.0 Å². The molecule has 3 rings (SSSR count). The monoisotopic (exact) mass is 245 g/mol. The fourth-order valence-corrected chi connectivity index (χ4v) is 2.94. The van der Waals surface area contributed by atoms with Crippen LogP contribution in [0.15, 0.2) is 18.2 Å². The molecule has 2 N–H and O–H groups in total. The van der Waals surface area contributed by atoms with Crippen LogP contribution in [0, 0.1) is 0 Å². The van der Waals surface area contributed by atoms with Gasteiger partial charge in [0.1, 0.15) is 11.6 Å². The Balaban J connectivity index is 2.05. The van der Waals surface area contributed by atoms with Crippen LogP contribution in [0.4, 0.5) is 0 Å². The maximum Gasteiger partial charge on any atom is 0.121 e. The SMILES string of the molecule is COc1ccc2c(c1)nc(C1CCC(N)C1)n2C. The van der Waals surface area contributed by atoms with Crippen LogP contribution in [-0.4, -0.2) is 22.7 Å². The number of ether oxygens (including phenoxy) is 1. The maximum atomic E-state index is 6.00. The van der Waals surface area contributed by atoms with Crippen molar-refractivity contribution in [2.45, 2.75) is 31.2 Å². The minimum Gasteiger partial charge on any atom is -0.497 e. The first-order chi connectivity index (χ1) is 8.69. The van der Waals surface area contributed by atoms with Crippen molar-refractivity contribution < 1.29 is 4.74 Å². The highest BCUT2D eigenvalue weighted by molar-refractivity contribution is 5.77. The van der Waals surface area contributed by atoms with Gasteiger partial charge < -0.3 is 15.0 Å². The van der Waals surface area contributed by atoms with Gasteiger partial charge in [0.2, 0.25) is 0 Å². The summed E-state index contributed by atoms with van der Waals surface area (Å²) in [6, 6.07) is 6.38. The smallest absolute Gasteiger partial charge is 0.121 e. The van der Waals surface area contributed by atoms with Crippen LogP contribution < -0.4 is 10.5 Å². The van der Waals surface area contributed by atoms with E-state index < -0.39 is 0 Å². The van der Waals surface area contributed by atoms with Crippen molar-refractivity contribution in [2.75, 3.05) is 7.11 Å². The lowest BCUT2D eigenvalue weighted by Crippen LogP contribution is -2.15. The van der Waals surface area contributed by atoms with E-state index in [9.17, 15) is 0 Å². The largest absolute Gasteiger partial charge is 0.497 e. The zero-order valence-corrected chi connectivity index (χ0v) is 10.9. The van der Waals surface area contributed by atoms with Crippen LogP contribution >= 0.6 is 0 Å². The predicted molar refractivity (Wildman–Crippen MR) is 71.8 cm³/mol. The summed E-state index contributed by atoms with van der Waals surface area (Å²) < 4.78 is 7.44. The molecule has 2 unspecified atom stereocenters. The molecule has 2 aromatic rings. The number of imidazole rings is 1. The van der Waals surface area contributed by atoms with E-state index in [1.807, 2.05) is 12.1 Å². The van der Waals surface area contributed by atoms with E-state index in [1.54, 1.807) is 7.11 Å². The molecule has 0 aliphatic heterocycles. The quantitative estimate of drug-likeness (QED) is 0.882. The second-order valence-electron chi connectivity index (χ2n) is 5.15. The first-order valence-corrected chi connectivity index (χ1v) is 6.45. The van der Waals surface area contributed by atoms with Crippen LogP contribution in [0.3, 0.4) is 0 Å². The molecule has 0 saturated heterocycles. The number of nitrogens with zero attached hydrogens (tertiary/aromatic N) is 2. The Bertz CT molecular complexity index is 576. The molecule has 1 aromatic carbocycles. The van der Waals surface area contributed by atoms with E-state index >= 15 is 0 Å². The van der Waals surface area contributed by atoms with Crippen molar-refractivity contribution in [3.63, 3.8) is 0 Å². The molecule has 2 atom stereocenters. The van der Waals surface area contributed by atoms with Gasteiger partial charge in [-0.15, -0.1) is 0 Å². The Labute approximate surface area is 107 Å². The summed E-state index contributed by atoms with van der Waals surface area (Å²) in [5.41, 5.74) is 8.16. The Morgan fingerprint density at radius 2 is 2.22 bits per heavy atom. The molecule has 18 heavy (non-hydrogen) atoms. The molecular weight excluding hydrogens is 226 g/mol. The summed E-state index contributed by atoms with van der Waals surface area (Å²) >= 11 is 0. The topological polar surface area (TPSA) is 53.1 Å². The van der Waals surface area contributed by atoms with Gasteiger partial charge in [-0.25, -0.2) is 4.98 Å². The summed E-state index contributed by atoms with van der Waals surface area (Å²) in [6.07, 6.45) is 3.31. The van der Waals surface area contributed by atoms with E-state index in [-0.39, 0.29) is 0 Å². The number of benzene rings is 1. The molecule has 0 bridgehead atoms. The van der Waals surface area contributed by atoms with Gasteiger partial charge in [-0.2, -0.15) is 0 Å². The summed E-state index contributed by atoms with van der Waals surface area (Å²) in [4.78, 5) is 4.76. The first kappa shape index (κ1) is 11.5. The zero-order valence-electron chi connectivity index (χ0n) is 10.9. The average Bonchev–Trinajstić information content (AvgIpc) is 2.93. The Morgan fingerprint density at radius 3 is 2.89 bits per heavy atom. The van der Waals surface area contributed by atoms with E-state index in [1.165, 1.54) is 0 Å². The van der Waals surface area contributed by atoms with E-state index in [2.05, 4.69) is 17.7 Å². The van der Waals surface area contributed by atoms with Crippen LogP contribution in [0.2, 0.25) is 0 Å². The molecule has 1 saturated carbocycles. The van der Waals surface area contributed by atoms with Crippen LogP contribution in [-0.2, 0) is 7.05 Å². The van der Waals surface area contributed by atoms with Gasteiger partial charge in [-0.1, -0.05) is 0 Å². The number of rotatable bonds is 2. The number of hydrogen-bond acceptors (Lipinski definition) is 3. The van der Waals surface area contributed by atoms with E-state index in [4.69, 9.17) is 15.5 Å². The molecule has 1 fully saturated rings. The molecule has 4 heteroatoms. The molecule has 0 amide bonds. The van der Waals surface area contributed by atoms with Crippen molar-refractivity contribution in [3.05, 3.63) is 24.0 Å². The molecule has 1 aliphatic carbocycles. The molecule has 0 radical (unpaired) electrons. The summed E-state index contributed by atoms with van der Waals surface area (Å²) in [6.45, 7) is 0. The molecule has 4 nitrogen and oxygen atoms in total. The van der Waals surface area contributed by atoms with Gasteiger partial charge in [-0.3, -0.25) is 0 Å². The van der Waals surface area contributed by atoms with Crippen LogP contribution in [0.1, 0.15) is 31.0 Å². The number of nitrogens with two attached hydrogens (primary N) is 1. The molecular formula is C14H19N3O. The molecule has 1 aromatic heterocycles. The van der Waals surface area contributed by atoms with Crippen molar-refractivity contribution in [2.24, 2.45) is 12.8 Å². The standard InChI is InChI=1S/C14H19N3O/c1-17-13-6-5-11(18-2)8-12(13)16-14(17)9-3-4-10(15)7-9/h5-6,8-10H,3-4,7,15H2,1-2H3. The van der Waals surface area contributed by atoms with Crippen LogP contribution in [0.5, 0.6) is 5.75 Å². The number of aromatic nitrogens is 2. The van der Waals surface area contributed by atoms with Crippen molar-refractivity contribution >= 4 is 11.0 Å². The predicted octanol–water partition coefficient (Wildman–Crippen LogP) is 2.18.